The van der Waals surface area contributed by atoms with Crippen molar-refractivity contribution in [3.05, 3.63) is 24.0 Å². The Morgan fingerprint density at radius 3 is 3.17 bits per heavy atom. The highest BCUT2D eigenvalue weighted by Gasteiger charge is 2.34. The van der Waals surface area contributed by atoms with Crippen LogP contribution < -0.4 is 11.3 Å². The van der Waals surface area contributed by atoms with E-state index in [1.165, 1.54) is 6.20 Å². The Morgan fingerprint density at radius 1 is 1.72 bits per heavy atom. The lowest BCUT2D eigenvalue weighted by Gasteiger charge is -2.24. The predicted octanol–water partition coefficient (Wildman–Crippen LogP) is 0.210. The van der Waals surface area contributed by atoms with E-state index in [0.29, 0.717) is 23.8 Å². The van der Waals surface area contributed by atoms with Crippen LogP contribution >= 0.6 is 0 Å². The normalized spacial score (nSPS) is 23.2. The van der Waals surface area contributed by atoms with Crippen LogP contribution in [0.3, 0.4) is 0 Å². The number of hydrogen-bond acceptors (Lipinski definition) is 5. The third-order valence-electron chi connectivity index (χ3n) is 3.48. The van der Waals surface area contributed by atoms with Crippen LogP contribution in [0, 0.1) is 5.92 Å². The van der Waals surface area contributed by atoms with Gasteiger partial charge in [-0.3, -0.25) is 15.6 Å². The summed E-state index contributed by atoms with van der Waals surface area (Å²) >= 11 is 0. The molecular formula is C12H18N4O2. The van der Waals surface area contributed by atoms with Crippen molar-refractivity contribution in [3.63, 3.8) is 0 Å². The highest BCUT2D eigenvalue weighted by Crippen LogP contribution is 2.25. The number of aliphatic hydroxyl groups excluding tert-OH is 1. The Morgan fingerprint density at radius 2 is 2.50 bits per heavy atom. The Labute approximate surface area is 106 Å². The number of carbonyl (C=O) groups is 1. The molecule has 4 N–H and O–H groups in total. The van der Waals surface area contributed by atoms with Gasteiger partial charge < -0.3 is 15.4 Å². The summed E-state index contributed by atoms with van der Waals surface area (Å²) in [5, 5.41) is 9.36. The number of rotatable bonds is 3. The van der Waals surface area contributed by atoms with Crippen LogP contribution in [0.15, 0.2) is 18.3 Å². The number of nitrogens with two attached hydrogens (primary N) is 1. The number of likely N-dealkylation sites (tertiary alicyclic amines) is 1. The first-order valence-electron chi connectivity index (χ1n) is 6.02. The van der Waals surface area contributed by atoms with Crippen LogP contribution in [0.4, 0.5) is 5.69 Å². The molecule has 1 aliphatic heterocycles. The van der Waals surface area contributed by atoms with Crippen LogP contribution in [0.5, 0.6) is 0 Å². The number of pyridine rings is 1. The fourth-order valence-corrected chi connectivity index (χ4v) is 2.32. The molecule has 0 spiro atoms. The second kappa shape index (κ2) is 5.32. The Kier molecular flexibility index (Phi) is 3.78. The number of nitrogens with zero attached hydrogens (tertiary/aromatic N) is 2. The number of anilines is 1. The molecule has 18 heavy (non-hydrogen) atoms. The molecule has 0 bridgehead atoms. The Hall–Kier alpha value is -1.66. The molecule has 0 saturated carbocycles. The van der Waals surface area contributed by atoms with E-state index in [4.69, 9.17) is 5.84 Å². The van der Waals surface area contributed by atoms with Crippen molar-refractivity contribution < 1.29 is 9.90 Å². The summed E-state index contributed by atoms with van der Waals surface area (Å²) in [5.41, 5.74) is 3.47. The highest BCUT2D eigenvalue weighted by molar-refractivity contribution is 5.93. The van der Waals surface area contributed by atoms with Crippen molar-refractivity contribution in [1.82, 2.24) is 9.88 Å². The molecule has 1 aliphatic rings. The molecule has 0 aromatic carbocycles. The predicted molar refractivity (Wildman–Crippen MR) is 67.7 cm³/mol. The molecule has 98 valence electrons. The average molecular weight is 250 g/mol. The topological polar surface area (TPSA) is 91.5 Å². The van der Waals surface area contributed by atoms with E-state index in [0.717, 1.165) is 6.42 Å². The van der Waals surface area contributed by atoms with Crippen LogP contribution in [0.2, 0.25) is 0 Å². The first-order chi connectivity index (χ1) is 8.67. The zero-order chi connectivity index (χ0) is 13.1. The SMILES string of the molecule is CC1CCN(C(=O)c2cc(NN)ccn2)C1CO. The molecule has 2 unspecified atom stereocenters. The molecule has 2 atom stereocenters. The lowest BCUT2D eigenvalue weighted by molar-refractivity contribution is 0.0642. The average Bonchev–Trinajstić information content (AvgIpc) is 2.79. The second-order valence-electron chi connectivity index (χ2n) is 4.59. The molecule has 1 aromatic rings. The summed E-state index contributed by atoms with van der Waals surface area (Å²) in [6.45, 7) is 2.69. The molecule has 1 saturated heterocycles. The van der Waals surface area contributed by atoms with Crippen LogP contribution in [-0.4, -0.2) is 40.1 Å². The number of amides is 1. The summed E-state index contributed by atoms with van der Waals surface area (Å²) in [4.78, 5) is 18.1. The first kappa shape index (κ1) is 12.8. The smallest absolute Gasteiger partial charge is 0.272 e. The monoisotopic (exact) mass is 250 g/mol. The van der Waals surface area contributed by atoms with E-state index in [-0.39, 0.29) is 18.6 Å². The van der Waals surface area contributed by atoms with Gasteiger partial charge in [0.2, 0.25) is 0 Å². The Bertz CT molecular complexity index is 438. The van der Waals surface area contributed by atoms with Crippen molar-refractivity contribution >= 4 is 11.6 Å². The fourth-order valence-electron chi connectivity index (χ4n) is 2.32. The van der Waals surface area contributed by atoms with E-state index in [1.54, 1.807) is 17.0 Å². The number of aromatic nitrogens is 1. The molecule has 1 aromatic heterocycles. The van der Waals surface area contributed by atoms with Gasteiger partial charge in [0.25, 0.3) is 5.91 Å². The van der Waals surface area contributed by atoms with Gasteiger partial charge in [-0.2, -0.15) is 0 Å². The zero-order valence-corrected chi connectivity index (χ0v) is 10.3. The third kappa shape index (κ3) is 2.30. The zero-order valence-electron chi connectivity index (χ0n) is 10.3. The van der Waals surface area contributed by atoms with Crippen molar-refractivity contribution in [2.75, 3.05) is 18.6 Å². The van der Waals surface area contributed by atoms with Gasteiger partial charge >= 0.3 is 0 Å². The van der Waals surface area contributed by atoms with Gasteiger partial charge in [-0.1, -0.05) is 6.92 Å². The van der Waals surface area contributed by atoms with E-state index >= 15 is 0 Å². The lowest BCUT2D eigenvalue weighted by atomic mass is 10.0. The fraction of sp³-hybridized carbons (Fsp3) is 0.500. The van der Waals surface area contributed by atoms with E-state index < -0.39 is 0 Å². The standard InChI is InChI=1S/C12H18N4O2/c1-8-3-5-16(11(8)7-17)12(18)10-6-9(15-13)2-4-14-10/h2,4,6,8,11,17H,3,5,7,13H2,1H3,(H,14,15). The van der Waals surface area contributed by atoms with Gasteiger partial charge in [0.1, 0.15) is 5.69 Å². The molecular weight excluding hydrogens is 232 g/mol. The lowest BCUT2D eigenvalue weighted by Crippen LogP contribution is -2.40. The molecule has 2 heterocycles. The first-order valence-corrected chi connectivity index (χ1v) is 6.02. The van der Waals surface area contributed by atoms with E-state index in [1.807, 2.05) is 6.92 Å². The molecule has 1 amide bonds. The van der Waals surface area contributed by atoms with Gasteiger partial charge in [-0.05, 0) is 24.5 Å². The minimum Gasteiger partial charge on any atom is -0.394 e. The van der Waals surface area contributed by atoms with Crippen LogP contribution in [0.1, 0.15) is 23.8 Å². The number of aliphatic hydroxyl groups is 1. The maximum atomic E-state index is 12.3. The van der Waals surface area contributed by atoms with Crippen LogP contribution in [-0.2, 0) is 0 Å². The van der Waals surface area contributed by atoms with Gasteiger partial charge in [-0.25, -0.2) is 0 Å². The Balaban J connectivity index is 2.20. The maximum Gasteiger partial charge on any atom is 0.272 e. The molecule has 0 radical (unpaired) electrons. The maximum absolute atomic E-state index is 12.3. The quantitative estimate of drug-likeness (QED) is 0.527. The summed E-state index contributed by atoms with van der Waals surface area (Å²) < 4.78 is 0. The summed E-state index contributed by atoms with van der Waals surface area (Å²) in [6, 6.07) is 3.18. The number of nitrogens with one attached hydrogen (secondary N) is 1. The minimum atomic E-state index is -0.157. The largest absolute Gasteiger partial charge is 0.394 e. The molecule has 2 rings (SSSR count). The van der Waals surface area contributed by atoms with Crippen molar-refractivity contribution in [1.29, 1.82) is 0 Å². The van der Waals surface area contributed by atoms with Gasteiger partial charge in [-0.15, -0.1) is 0 Å². The highest BCUT2D eigenvalue weighted by atomic mass is 16.3. The summed E-state index contributed by atoms with van der Waals surface area (Å²) in [7, 11) is 0. The van der Waals surface area contributed by atoms with Crippen molar-refractivity contribution in [2.45, 2.75) is 19.4 Å². The van der Waals surface area contributed by atoms with Crippen molar-refractivity contribution in [3.8, 4) is 0 Å². The molecule has 1 fully saturated rings. The summed E-state index contributed by atoms with van der Waals surface area (Å²) in [6.07, 6.45) is 2.45. The second-order valence-corrected chi connectivity index (χ2v) is 4.59. The third-order valence-corrected chi connectivity index (χ3v) is 3.48. The number of hydrogen-bond donors (Lipinski definition) is 3. The van der Waals surface area contributed by atoms with Crippen molar-refractivity contribution in [2.24, 2.45) is 11.8 Å². The minimum absolute atomic E-state index is 0.0122. The summed E-state index contributed by atoms with van der Waals surface area (Å²) in [5.74, 6) is 5.46. The molecule has 6 heteroatoms. The molecule has 6 nitrogen and oxygen atoms in total. The van der Waals surface area contributed by atoms with Crippen LogP contribution in [0.25, 0.3) is 0 Å². The number of hydrazine groups is 1. The van der Waals surface area contributed by atoms with Gasteiger partial charge in [0, 0.05) is 12.7 Å². The van der Waals surface area contributed by atoms with Gasteiger partial charge in [0.05, 0.1) is 18.3 Å². The van der Waals surface area contributed by atoms with Gasteiger partial charge in [0.15, 0.2) is 0 Å². The molecule has 0 aliphatic carbocycles. The number of carbonyl (C=O) groups excluding carboxylic acids is 1. The van der Waals surface area contributed by atoms with E-state index in [9.17, 15) is 9.90 Å². The number of nitrogen functional groups attached to an aromatic ring is 1. The van der Waals surface area contributed by atoms with E-state index in [2.05, 4.69) is 10.4 Å².